The van der Waals surface area contributed by atoms with Crippen molar-refractivity contribution in [3.05, 3.63) is 29.8 Å². The number of carbonyl (C=O) groups excluding carboxylic acids is 1. The summed E-state index contributed by atoms with van der Waals surface area (Å²) < 4.78 is 5.56. The van der Waals surface area contributed by atoms with E-state index in [0.717, 1.165) is 5.56 Å². The molecule has 0 bridgehead atoms. The summed E-state index contributed by atoms with van der Waals surface area (Å²) in [6.07, 6.45) is -0.267. The van der Waals surface area contributed by atoms with Gasteiger partial charge in [-0.15, -0.1) is 0 Å². The van der Waals surface area contributed by atoms with E-state index in [1.54, 1.807) is 13.8 Å². The molecular formula is C15H23NO3. The highest BCUT2D eigenvalue weighted by atomic mass is 16.5. The van der Waals surface area contributed by atoms with Gasteiger partial charge in [0.15, 0.2) is 6.10 Å². The Morgan fingerprint density at radius 3 is 2.26 bits per heavy atom. The number of aliphatic hydroxyl groups is 1. The molecule has 1 aromatic rings. The number of carbonyl (C=O) groups is 1. The monoisotopic (exact) mass is 265 g/mol. The fraction of sp³-hybridized carbons (Fsp3) is 0.533. The molecule has 0 heterocycles. The van der Waals surface area contributed by atoms with E-state index in [-0.39, 0.29) is 18.1 Å². The Morgan fingerprint density at radius 1 is 1.21 bits per heavy atom. The predicted octanol–water partition coefficient (Wildman–Crippen LogP) is 1.90. The summed E-state index contributed by atoms with van der Waals surface area (Å²) in [6.45, 7) is 7.30. The van der Waals surface area contributed by atoms with E-state index in [1.165, 1.54) is 0 Å². The lowest BCUT2D eigenvalue weighted by Gasteiger charge is -2.16. The number of nitrogens with one attached hydrogen (secondary N) is 1. The number of hydrogen-bond acceptors (Lipinski definition) is 3. The van der Waals surface area contributed by atoms with Gasteiger partial charge in [0.1, 0.15) is 5.75 Å². The molecule has 19 heavy (non-hydrogen) atoms. The van der Waals surface area contributed by atoms with Crippen LogP contribution in [0.1, 0.15) is 33.3 Å². The van der Waals surface area contributed by atoms with Crippen LogP contribution in [0, 0.1) is 0 Å². The van der Waals surface area contributed by atoms with E-state index in [0.29, 0.717) is 12.2 Å². The molecule has 1 amide bonds. The molecule has 106 valence electrons. The fourth-order valence-electron chi connectivity index (χ4n) is 1.70. The van der Waals surface area contributed by atoms with E-state index in [9.17, 15) is 9.90 Å². The molecule has 0 aliphatic rings. The standard InChI is InChI=1S/C15H23NO3/c1-10(2)16-15(18)12(4)19-14-7-5-13(6-8-14)9-11(3)17/h5-8,10-12,17H,9H2,1-4H3,(H,16,18). The van der Waals surface area contributed by atoms with Crippen molar-refractivity contribution >= 4 is 5.91 Å². The lowest BCUT2D eigenvalue weighted by Crippen LogP contribution is -2.40. The van der Waals surface area contributed by atoms with Gasteiger partial charge in [0.25, 0.3) is 5.91 Å². The Balaban J connectivity index is 2.55. The molecule has 0 radical (unpaired) electrons. The van der Waals surface area contributed by atoms with Crippen LogP contribution in [0.2, 0.25) is 0 Å². The Kier molecular flexibility index (Phi) is 5.83. The molecule has 0 spiro atoms. The third kappa shape index (κ3) is 5.75. The largest absolute Gasteiger partial charge is 0.481 e. The number of aliphatic hydroxyl groups excluding tert-OH is 1. The second kappa shape index (κ2) is 7.14. The minimum Gasteiger partial charge on any atom is -0.481 e. The lowest BCUT2D eigenvalue weighted by molar-refractivity contribution is -0.127. The molecule has 0 saturated carbocycles. The summed E-state index contributed by atoms with van der Waals surface area (Å²) in [6, 6.07) is 7.53. The molecule has 2 N–H and O–H groups in total. The fourth-order valence-corrected chi connectivity index (χ4v) is 1.70. The molecule has 0 aromatic heterocycles. The maximum absolute atomic E-state index is 11.7. The minimum absolute atomic E-state index is 0.104. The van der Waals surface area contributed by atoms with Gasteiger partial charge >= 0.3 is 0 Å². The van der Waals surface area contributed by atoms with Gasteiger partial charge in [0, 0.05) is 6.04 Å². The van der Waals surface area contributed by atoms with Crippen molar-refractivity contribution in [1.82, 2.24) is 5.32 Å². The molecule has 0 saturated heterocycles. The summed E-state index contributed by atoms with van der Waals surface area (Å²) >= 11 is 0. The van der Waals surface area contributed by atoms with Crippen molar-refractivity contribution in [2.75, 3.05) is 0 Å². The summed E-state index contributed by atoms with van der Waals surface area (Å²) in [7, 11) is 0. The molecular weight excluding hydrogens is 242 g/mol. The third-order valence-corrected chi connectivity index (χ3v) is 2.57. The minimum atomic E-state index is -0.523. The second-order valence-corrected chi connectivity index (χ2v) is 5.12. The molecule has 1 aromatic carbocycles. The number of hydrogen-bond donors (Lipinski definition) is 2. The molecule has 0 aliphatic heterocycles. The van der Waals surface area contributed by atoms with Crippen molar-refractivity contribution in [1.29, 1.82) is 0 Å². The molecule has 1 rings (SSSR count). The SMILES string of the molecule is CC(O)Cc1ccc(OC(C)C(=O)NC(C)C)cc1. The molecule has 2 unspecified atom stereocenters. The van der Waals surface area contributed by atoms with Crippen molar-refractivity contribution < 1.29 is 14.6 Å². The zero-order valence-electron chi connectivity index (χ0n) is 12.0. The van der Waals surface area contributed by atoms with Gasteiger partial charge in [-0.25, -0.2) is 0 Å². The first kappa shape index (κ1) is 15.5. The Labute approximate surface area is 114 Å². The lowest BCUT2D eigenvalue weighted by atomic mass is 10.1. The first-order chi connectivity index (χ1) is 8.88. The average molecular weight is 265 g/mol. The first-order valence-corrected chi connectivity index (χ1v) is 6.62. The zero-order valence-corrected chi connectivity index (χ0v) is 12.0. The summed E-state index contributed by atoms with van der Waals surface area (Å²) in [5.41, 5.74) is 1.04. The van der Waals surface area contributed by atoms with E-state index in [2.05, 4.69) is 5.32 Å². The van der Waals surface area contributed by atoms with Gasteiger partial charge in [0.2, 0.25) is 0 Å². The number of ether oxygens (including phenoxy) is 1. The van der Waals surface area contributed by atoms with Crippen LogP contribution < -0.4 is 10.1 Å². The maximum Gasteiger partial charge on any atom is 0.260 e. The van der Waals surface area contributed by atoms with Crippen LogP contribution >= 0.6 is 0 Å². The van der Waals surface area contributed by atoms with Gasteiger partial charge in [-0.2, -0.15) is 0 Å². The van der Waals surface area contributed by atoms with Crippen molar-refractivity contribution in [2.45, 2.75) is 52.4 Å². The van der Waals surface area contributed by atoms with Gasteiger partial charge in [-0.3, -0.25) is 4.79 Å². The van der Waals surface area contributed by atoms with Gasteiger partial charge in [-0.05, 0) is 51.8 Å². The van der Waals surface area contributed by atoms with Crippen LogP contribution in [-0.2, 0) is 11.2 Å². The van der Waals surface area contributed by atoms with E-state index >= 15 is 0 Å². The van der Waals surface area contributed by atoms with E-state index in [4.69, 9.17) is 4.74 Å². The van der Waals surface area contributed by atoms with Gasteiger partial charge < -0.3 is 15.2 Å². The number of amides is 1. The Bertz CT molecular complexity index is 398. The Morgan fingerprint density at radius 2 is 1.79 bits per heavy atom. The Hall–Kier alpha value is -1.55. The van der Waals surface area contributed by atoms with Crippen LogP contribution in [0.3, 0.4) is 0 Å². The third-order valence-electron chi connectivity index (χ3n) is 2.57. The molecule has 4 nitrogen and oxygen atoms in total. The predicted molar refractivity (Wildman–Crippen MR) is 75.2 cm³/mol. The summed E-state index contributed by atoms with van der Waals surface area (Å²) in [5.74, 6) is 0.531. The summed E-state index contributed by atoms with van der Waals surface area (Å²) in [5, 5.41) is 12.1. The highest BCUT2D eigenvalue weighted by Gasteiger charge is 2.15. The number of benzene rings is 1. The van der Waals surface area contributed by atoms with Crippen molar-refractivity contribution in [3.8, 4) is 5.75 Å². The quantitative estimate of drug-likeness (QED) is 0.826. The van der Waals surface area contributed by atoms with Crippen molar-refractivity contribution in [3.63, 3.8) is 0 Å². The molecule has 0 aliphatic carbocycles. The van der Waals surface area contributed by atoms with Crippen LogP contribution in [0.25, 0.3) is 0 Å². The van der Waals surface area contributed by atoms with E-state index < -0.39 is 6.10 Å². The smallest absolute Gasteiger partial charge is 0.260 e. The second-order valence-electron chi connectivity index (χ2n) is 5.12. The first-order valence-electron chi connectivity index (χ1n) is 6.62. The van der Waals surface area contributed by atoms with Crippen molar-refractivity contribution in [2.24, 2.45) is 0 Å². The van der Waals surface area contributed by atoms with Crippen LogP contribution in [-0.4, -0.2) is 29.3 Å². The molecule has 2 atom stereocenters. The number of rotatable bonds is 6. The van der Waals surface area contributed by atoms with Gasteiger partial charge in [-0.1, -0.05) is 12.1 Å². The molecule has 4 heteroatoms. The highest BCUT2D eigenvalue weighted by molar-refractivity contribution is 5.80. The molecule has 0 fully saturated rings. The summed E-state index contributed by atoms with van der Waals surface area (Å²) in [4.78, 5) is 11.7. The highest BCUT2D eigenvalue weighted by Crippen LogP contribution is 2.15. The topological polar surface area (TPSA) is 58.6 Å². The normalized spacial score (nSPS) is 14.0. The van der Waals surface area contributed by atoms with Gasteiger partial charge in [0.05, 0.1) is 6.10 Å². The van der Waals surface area contributed by atoms with Crippen LogP contribution in [0.15, 0.2) is 24.3 Å². The zero-order chi connectivity index (χ0) is 14.4. The maximum atomic E-state index is 11.7. The average Bonchev–Trinajstić information content (AvgIpc) is 2.30. The van der Waals surface area contributed by atoms with Crippen LogP contribution in [0.4, 0.5) is 0 Å². The van der Waals surface area contributed by atoms with Crippen LogP contribution in [0.5, 0.6) is 5.75 Å². The van der Waals surface area contributed by atoms with E-state index in [1.807, 2.05) is 38.1 Å².